The van der Waals surface area contributed by atoms with Gasteiger partial charge >= 0.3 is 0 Å². The van der Waals surface area contributed by atoms with Crippen molar-refractivity contribution in [3.63, 3.8) is 0 Å². The quantitative estimate of drug-likeness (QED) is 0.683. The number of aliphatic hydroxyl groups excluding tert-OH is 1. The summed E-state index contributed by atoms with van der Waals surface area (Å²) in [6.07, 6.45) is 3.64. The van der Waals surface area contributed by atoms with E-state index in [0.717, 1.165) is 38.8 Å². The van der Waals surface area contributed by atoms with Gasteiger partial charge in [0.05, 0.1) is 6.10 Å². The van der Waals surface area contributed by atoms with Gasteiger partial charge in [-0.25, -0.2) is 0 Å². The number of hydrogen-bond acceptors (Lipinski definition) is 3. The second-order valence-electron chi connectivity index (χ2n) is 6.40. The summed E-state index contributed by atoms with van der Waals surface area (Å²) in [5.41, 5.74) is 0.290. The van der Waals surface area contributed by atoms with Gasteiger partial charge in [0.25, 0.3) is 0 Å². The summed E-state index contributed by atoms with van der Waals surface area (Å²) in [5, 5.41) is 16.0. The van der Waals surface area contributed by atoms with E-state index in [1.54, 1.807) is 0 Å². The molecule has 4 nitrogen and oxygen atoms in total. The summed E-state index contributed by atoms with van der Waals surface area (Å²) in [7, 11) is 0. The van der Waals surface area contributed by atoms with E-state index < -0.39 is 6.10 Å². The van der Waals surface area contributed by atoms with Crippen LogP contribution in [0.5, 0.6) is 0 Å². The second kappa shape index (κ2) is 5.57. The lowest BCUT2D eigenvalue weighted by Crippen LogP contribution is -2.37. The van der Waals surface area contributed by atoms with Gasteiger partial charge in [-0.2, -0.15) is 0 Å². The molecule has 0 aromatic rings. The normalized spacial score (nSPS) is 27.2. The van der Waals surface area contributed by atoms with Crippen LogP contribution >= 0.6 is 0 Å². The lowest BCUT2D eigenvalue weighted by Gasteiger charge is -2.23. The average molecular weight is 254 g/mol. The molecule has 1 saturated heterocycles. The molecule has 2 rings (SSSR count). The largest absolute Gasteiger partial charge is 0.391 e. The van der Waals surface area contributed by atoms with Gasteiger partial charge in [0.1, 0.15) is 0 Å². The molecule has 0 aromatic heterocycles. The molecule has 0 bridgehead atoms. The van der Waals surface area contributed by atoms with E-state index in [2.05, 4.69) is 24.5 Å². The Bertz CT molecular complexity index is 298. The minimum Gasteiger partial charge on any atom is -0.391 e. The number of carbonyl (C=O) groups is 1. The van der Waals surface area contributed by atoms with E-state index in [4.69, 9.17) is 0 Å². The molecule has 4 heteroatoms. The van der Waals surface area contributed by atoms with Gasteiger partial charge in [-0.3, -0.25) is 4.79 Å². The van der Waals surface area contributed by atoms with Gasteiger partial charge in [0, 0.05) is 12.5 Å². The molecule has 2 unspecified atom stereocenters. The van der Waals surface area contributed by atoms with Gasteiger partial charge in [-0.15, -0.1) is 0 Å². The Morgan fingerprint density at radius 3 is 2.72 bits per heavy atom. The first-order valence-corrected chi connectivity index (χ1v) is 7.20. The summed E-state index contributed by atoms with van der Waals surface area (Å²) in [6.45, 7) is 6.65. The molecule has 0 radical (unpaired) electrons. The predicted octanol–water partition coefficient (Wildman–Crippen LogP) is 0.899. The van der Waals surface area contributed by atoms with Crippen LogP contribution in [-0.2, 0) is 4.79 Å². The summed E-state index contributed by atoms with van der Waals surface area (Å²) >= 11 is 0. The van der Waals surface area contributed by atoms with Crippen molar-refractivity contribution in [2.24, 2.45) is 17.3 Å². The van der Waals surface area contributed by atoms with Crippen LogP contribution in [0.2, 0.25) is 0 Å². The third-order valence-electron chi connectivity index (χ3n) is 4.36. The summed E-state index contributed by atoms with van der Waals surface area (Å²) in [6, 6.07) is 0. The molecule has 1 aliphatic heterocycles. The third-order valence-corrected chi connectivity index (χ3v) is 4.36. The van der Waals surface area contributed by atoms with E-state index in [-0.39, 0.29) is 11.8 Å². The highest BCUT2D eigenvalue weighted by molar-refractivity contribution is 5.82. The van der Waals surface area contributed by atoms with Crippen molar-refractivity contribution in [3.8, 4) is 0 Å². The third kappa shape index (κ3) is 3.23. The van der Waals surface area contributed by atoms with Crippen LogP contribution in [0.15, 0.2) is 0 Å². The topological polar surface area (TPSA) is 61.4 Å². The molecular formula is C14H26N2O2. The number of nitrogens with one attached hydrogen (secondary N) is 2. The standard InChI is InChI=1S/C14H26N2O2/c1-10(2)7-11(17)9-16-13(18)12-8-14(12)3-5-15-6-4-14/h10-12,15,17H,3-9H2,1-2H3,(H,16,18). The first-order chi connectivity index (χ1) is 8.53. The maximum atomic E-state index is 12.0. The number of amides is 1. The molecule has 1 amide bonds. The fourth-order valence-electron chi connectivity index (χ4n) is 3.16. The molecule has 18 heavy (non-hydrogen) atoms. The van der Waals surface area contributed by atoms with Crippen molar-refractivity contribution in [1.29, 1.82) is 0 Å². The van der Waals surface area contributed by atoms with E-state index in [0.29, 0.717) is 17.9 Å². The zero-order valence-electron chi connectivity index (χ0n) is 11.5. The molecule has 2 atom stereocenters. The second-order valence-corrected chi connectivity index (χ2v) is 6.40. The highest BCUT2D eigenvalue weighted by atomic mass is 16.3. The van der Waals surface area contributed by atoms with Gasteiger partial charge in [0.15, 0.2) is 0 Å². The Labute approximate surface area is 110 Å². The van der Waals surface area contributed by atoms with Crippen LogP contribution in [0, 0.1) is 17.3 Å². The molecule has 104 valence electrons. The fraction of sp³-hybridized carbons (Fsp3) is 0.929. The van der Waals surface area contributed by atoms with Gasteiger partial charge in [0.2, 0.25) is 5.91 Å². The van der Waals surface area contributed by atoms with Crippen molar-refractivity contribution < 1.29 is 9.90 Å². The van der Waals surface area contributed by atoms with E-state index >= 15 is 0 Å². The molecule has 3 N–H and O–H groups in total. The summed E-state index contributed by atoms with van der Waals surface area (Å²) in [5.74, 6) is 0.819. The molecule has 1 spiro atoms. The van der Waals surface area contributed by atoms with Crippen molar-refractivity contribution in [2.75, 3.05) is 19.6 Å². The first-order valence-electron chi connectivity index (χ1n) is 7.20. The fourth-order valence-corrected chi connectivity index (χ4v) is 3.16. The molecule has 1 heterocycles. The molecule has 2 aliphatic rings. The molecule has 1 saturated carbocycles. The zero-order chi connectivity index (χ0) is 13.2. The van der Waals surface area contributed by atoms with Crippen LogP contribution in [0.3, 0.4) is 0 Å². The molecule has 0 aromatic carbocycles. The molecule has 1 aliphatic carbocycles. The number of hydrogen-bond donors (Lipinski definition) is 3. The lowest BCUT2D eigenvalue weighted by molar-refractivity contribution is -0.123. The highest BCUT2D eigenvalue weighted by Crippen LogP contribution is 2.58. The predicted molar refractivity (Wildman–Crippen MR) is 71.1 cm³/mol. The van der Waals surface area contributed by atoms with Crippen molar-refractivity contribution >= 4 is 5.91 Å². The molecule has 2 fully saturated rings. The van der Waals surface area contributed by atoms with E-state index in [9.17, 15) is 9.90 Å². The average Bonchev–Trinajstić information content (AvgIpc) is 3.00. The minimum absolute atomic E-state index is 0.153. The van der Waals surface area contributed by atoms with Crippen LogP contribution in [0.1, 0.15) is 39.5 Å². The number of aliphatic hydroxyl groups is 1. The van der Waals surface area contributed by atoms with Gasteiger partial charge in [-0.05, 0) is 50.1 Å². The van der Waals surface area contributed by atoms with Gasteiger partial charge < -0.3 is 15.7 Å². The maximum Gasteiger partial charge on any atom is 0.223 e. The van der Waals surface area contributed by atoms with Gasteiger partial charge in [-0.1, -0.05) is 13.8 Å². The van der Waals surface area contributed by atoms with Crippen LogP contribution in [0.4, 0.5) is 0 Å². The molecular weight excluding hydrogens is 228 g/mol. The Hall–Kier alpha value is -0.610. The van der Waals surface area contributed by atoms with Crippen LogP contribution in [-0.4, -0.2) is 36.8 Å². The van der Waals surface area contributed by atoms with E-state index in [1.165, 1.54) is 0 Å². The van der Waals surface area contributed by atoms with E-state index in [1.807, 2.05) is 0 Å². The first kappa shape index (κ1) is 13.8. The van der Waals surface area contributed by atoms with Crippen LogP contribution < -0.4 is 10.6 Å². The smallest absolute Gasteiger partial charge is 0.223 e. The Balaban J connectivity index is 1.70. The minimum atomic E-state index is -0.406. The number of carbonyl (C=O) groups excluding carboxylic acids is 1. The number of piperidine rings is 1. The van der Waals surface area contributed by atoms with Crippen LogP contribution in [0.25, 0.3) is 0 Å². The summed E-state index contributed by atoms with van der Waals surface area (Å²) in [4.78, 5) is 12.0. The Morgan fingerprint density at radius 1 is 1.44 bits per heavy atom. The van der Waals surface area contributed by atoms with Crippen molar-refractivity contribution in [3.05, 3.63) is 0 Å². The lowest BCUT2D eigenvalue weighted by atomic mass is 9.92. The Morgan fingerprint density at radius 2 is 2.11 bits per heavy atom. The highest BCUT2D eigenvalue weighted by Gasteiger charge is 2.57. The SMILES string of the molecule is CC(C)CC(O)CNC(=O)C1CC12CCNCC2. The monoisotopic (exact) mass is 254 g/mol. The van der Waals surface area contributed by atoms with Crippen molar-refractivity contribution in [2.45, 2.75) is 45.6 Å². The Kier molecular flexibility index (Phi) is 4.28. The maximum absolute atomic E-state index is 12.0. The number of rotatable bonds is 5. The van der Waals surface area contributed by atoms with Crippen molar-refractivity contribution in [1.82, 2.24) is 10.6 Å². The summed E-state index contributed by atoms with van der Waals surface area (Å²) < 4.78 is 0. The zero-order valence-corrected chi connectivity index (χ0v) is 11.5.